The Morgan fingerprint density at radius 1 is 1.24 bits per heavy atom. The molecule has 0 saturated carbocycles. The van der Waals surface area contributed by atoms with E-state index in [-0.39, 0.29) is 35.1 Å². The molecule has 1 N–H and O–H groups in total. The summed E-state index contributed by atoms with van der Waals surface area (Å²) >= 11 is 0. The third-order valence-electron chi connectivity index (χ3n) is 7.15. The highest BCUT2D eigenvalue weighted by molar-refractivity contribution is 6.74. The van der Waals surface area contributed by atoms with Crippen LogP contribution in [0.5, 0.6) is 5.75 Å². The van der Waals surface area contributed by atoms with Crippen molar-refractivity contribution >= 4 is 25.9 Å². The number of amides is 2. The van der Waals surface area contributed by atoms with E-state index >= 15 is 0 Å². The predicted molar refractivity (Wildman–Crippen MR) is 149 cm³/mol. The summed E-state index contributed by atoms with van der Waals surface area (Å²) in [7, 11) is -1.85. The first-order valence-corrected chi connectivity index (χ1v) is 16.0. The Labute approximate surface area is 226 Å². The molecular formula is C28H41FN4O4Si. The van der Waals surface area contributed by atoms with E-state index in [0.717, 1.165) is 0 Å². The summed E-state index contributed by atoms with van der Waals surface area (Å²) < 4.78 is 28.1. The average molecular weight is 545 g/mol. The van der Waals surface area contributed by atoms with Gasteiger partial charge in [-0.15, -0.1) is 0 Å². The highest BCUT2D eigenvalue weighted by atomic mass is 28.4. The lowest BCUT2D eigenvalue weighted by atomic mass is 10.0. The van der Waals surface area contributed by atoms with Crippen molar-refractivity contribution in [2.45, 2.75) is 78.7 Å². The van der Waals surface area contributed by atoms with Gasteiger partial charge >= 0.3 is 0 Å². The molecule has 0 radical (unpaired) electrons. The highest BCUT2D eigenvalue weighted by Gasteiger charge is 2.37. The SMILES string of the molecule is Cc1cccc(OC2=CC(=O)N([C@@H](CC(C)C)C(=O)Nc3ccn(CCO[Si](C)(C)C(C)(C)C)n3)C2)c1F. The van der Waals surface area contributed by atoms with Crippen LogP contribution in [0.2, 0.25) is 18.1 Å². The summed E-state index contributed by atoms with van der Waals surface area (Å²) in [5.74, 6) is -0.225. The molecule has 2 heterocycles. The Hall–Kier alpha value is -2.98. The fourth-order valence-electron chi connectivity index (χ4n) is 3.87. The second-order valence-electron chi connectivity index (χ2n) is 11.8. The fourth-order valence-corrected chi connectivity index (χ4v) is 4.91. The van der Waals surface area contributed by atoms with Gasteiger partial charge in [-0.05, 0) is 49.0 Å². The van der Waals surface area contributed by atoms with Gasteiger partial charge in [-0.3, -0.25) is 14.3 Å². The van der Waals surface area contributed by atoms with Crippen molar-refractivity contribution in [3.05, 3.63) is 53.7 Å². The number of anilines is 1. The first-order valence-electron chi connectivity index (χ1n) is 13.1. The first kappa shape index (κ1) is 29.6. The van der Waals surface area contributed by atoms with E-state index in [2.05, 4.69) is 44.3 Å². The molecule has 1 aliphatic rings. The first-order chi connectivity index (χ1) is 17.7. The molecule has 0 unspecified atom stereocenters. The predicted octanol–water partition coefficient (Wildman–Crippen LogP) is 5.51. The Kier molecular flexibility index (Phi) is 9.20. The normalized spacial score (nSPS) is 15.2. The molecule has 208 valence electrons. The van der Waals surface area contributed by atoms with Crippen LogP contribution in [0.4, 0.5) is 10.2 Å². The maximum atomic E-state index is 14.4. The number of halogens is 1. The third-order valence-corrected chi connectivity index (χ3v) is 11.7. The number of rotatable bonds is 11. The minimum Gasteiger partial charge on any atom is -0.457 e. The number of hydrogen-bond acceptors (Lipinski definition) is 5. The number of carbonyl (C=O) groups excluding carboxylic acids is 2. The number of aryl methyl sites for hydroxylation is 1. The number of carbonyl (C=O) groups is 2. The van der Waals surface area contributed by atoms with Gasteiger partial charge in [0.25, 0.3) is 5.91 Å². The monoisotopic (exact) mass is 544 g/mol. The average Bonchev–Trinajstić information content (AvgIpc) is 3.40. The van der Waals surface area contributed by atoms with Crippen molar-refractivity contribution in [1.29, 1.82) is 0 Å². The Morgan fingerprint density at radius 3 is 2.61 bits per heavy atom. The smallest absolute Gasteiger partial charge is 0.251 e. The summed E-state index contributed by atoms with van der Waals surface area (Å²) in [4.78, 5) is 27.6. The van der Waals surface area contributed by atoms with Gasteiger partial charge in [-0.2, -0.15) is 5.10 Å². The summed E-state index contributed by atoms with van der Waals surface area (Å²) in [6.45, 7) is 17.8. The topological polar surface area (TPSA) is 85.7 Å². The zero-order valence-corrected chi connectivity index (χ0v) is 24.8. The molecule has 38 heavy (non-hydrogen) atoms. The van der Waals surface area contributed by atoms with Crippen LogP contribution in [-0.4, -0.2) is 54.0 Å². The van der Waals surface area contributed by atoms with Crippen LogP contribution in [0, 0.1) is 18.7 Å². The molecule has 0 bridgehead atoms. The van der Waals surface area contributed by atoms with Gasteiger partial charge in [0, 0.05) is 18.3 Å². The third kappa shape index (κ3) is 7.32. The molecule has 3 rings (SSSR count). The number of nitrogens with one attached hydrogen (secondary N) is 1. The maximum Gasteiger partial charge on any atom is 0.251 e. The fraction of sp³-hybridized carbons (Fsp3) is 0.536. The van der Waals surface area contributed by atoms with Crippen molar-refractivity contribution in [2.24, 2.45) is 5.92 Å². The zero-order valence-electron chi connectivity index (χ0n) is 23.8. The minimum atomic E-state index is -1.85. The Balaban J connectivity index is 1.63. The molecule has 0 spiro atoms. The molecule has 1 aliphatic heterocycles. The van der Waals surface area contributed by atoms with E-state index in [1.807, 2.05) is 13.8 Å². The molecular weight excluding hydrogens is 503 g/mol. The van der Waals surface area contributed by atoms with Gasteiger partial charge in [0.05, 0.1) is 19.7 Å². The van der Waals surface area contributed by atoms with Crippen molar-refractivity contribution in [3.63, 3.8) is 0 Å². The maximum absolute atomic E-state index is 14.4. The molecule has 2 amide bonds. The largest absolute Gasteiger partial charge is 0.457 e. The summed E-state index contributed by atoms with van der Waals surface area (Å²) in [6.07, 6.45) is 3.57. The van der Waals surface area contributed by atoms with Gasteiger partial charge in [-0.1, -0.05) is 46.8 Å². The van der Waals surface area contributed by atoms with Crippen molar-refractivity contribution in [1.82, 2.24) is 14.7 Å². The molecule has 0 aliphatic carbocycles. The van der Waals surface area contributed by atoms with E-state index in [1.54, 1.807) is 36.0 Å². The van der Waals surface area contributed by atoms with Gasteiger partial charge < -0.3 is 19.4 Å². The lowest BCUT2D eigenvalue weighted by molar-refractivity contribution is -0.133. The van der Waals surface area contributed by atoms with E-state index in [0.29, 0.717) is 36.7 Å². The zero-order chi connectivity index (χ0) is 28.3. The summed E-state index contributed by atoms with van der Waals surface area (Å²) in [6, 6.07) is 5.86. The number of aromatic nitrogens is 2. The quantitative estimate of drug-likeness (QED) is 0.377. The molecule has 8 nitrogen and oxygen atoms in total. The minimum absolute atomic E-state index is 0.0545. The number of nitrogens with zero attached hydrogens (tertiary/aromatic N) is 3. The van der Waals surface area contributed by atoms with Crippen LogP contribution in [0.25, 0.3) is 0 Å². The molecule has 0 saturated heterocycles. The van der Waals surface area contributed by atoms with Gasteiger partial charge in [0.1, 0.15) is 11.8 Å². The van der Waals surface area contributed by atoms with Crippen LogP contribution in [0.1, 0.15) is 46.6 Å². The molecule has 1 aromatic carbocycles. The van der Waals surface area contributed by atoms with Gasteiger partial charge in [0.15, 0.2) is 25.7 Å². The van der Waals surface area contributed by atoms with Crippen molar-refractivity contribution in [2.75, 3.05) is 18.5 Å². The van der Waals surface area contributed by atoms with Crippen molar-refractivity contribution in [3.8, 4) is 5.75 Å². The van der Waals surface area contributed by atoms with Crippen molar-refractivity contribution < 1.29 is 23.1 Å². The van der Waals surface area contributed by atoms with E-state index in [9.17, 15) is 14.0 Å². The lowest BCUT2D eigenvalue weighted by Gasteiger charge is -2.36. The second kappa shape index (κ2) is 11.8. The van der Waals surface area contributed by atoms with Gasteiger partial charge in [-0.25, -0.2) is 4.39 Å². The van der Waals surface area contributed by atoms with Crippen LogP contribution in [-0.2, 0) is 20.6 Å². The molecule has 1 aromatic heterocycles. The Morgan fingerprint density at radius 2 is 1.95 bits per heavy atom. The number of hydrogen-bond donors (Lipinski definition) is 1. The molecule has 2 aromatic rings. The molecule has 0 fully saturated rings. The van der Waals surface area contributed by atoms with Crippen LogP contribution in [0.3, 0.4) is 0 Å². The van der Waals surface area contributed by atoms with E-state index < -0.39 is 20.2 Å². The van der Waals surface area contributed by atoms with Crippen LogP contribution in [0.15, 0.2) is 42.3 Å². The number of benzene rings is 1. The van der Waals surface area contributed by atoms with Crippen LogP contribution < -0.4 is 10.1 Å². The van der Waals surface area contributed by atoms with E-state index in [1.165, 1.54) is 17.0 Å². The van der Waals surface area contributed by atoms with Crippen LogP contribution >= 0.6 is 0 Å². The standard InChI is InChI=1S/C28H41FN4O4Si/c1-19(2)16-22(33-18-21(17-25(33)34)37-23-11-9-10-20(3)26(23)29)27(35)30-24-12-13-32(31-24)14-15-36-38(7,8)28(4,5)6/h9-13,17,19,22H,14-16,18H2,1-8H3,(H,30,31,35)/t22-/m0/s1. The highest BCUT2D eigenvalue weighted by Crippen LogP contribution is 2.36. The summed E-state index contributed by atoms with van der Waals surface area (Å²) in [5.41, 5.74) is 0.451. The van der Waals surface area contributed by atoms with Gasteiger partial charge in [0.2, 0.25) is 5.91 Å². The van der Waals surface area contributed by atoms with E-state index in [4.69, 9.17) is 9.16 Å². The molecule has 1 atom stereocenters. The lowest BCUT2D eigenvalue weighted by Crippen LogP contribution is -2.46. The second-order valence-corrected chi connectivity index (χ2v) is 16.6. The number of ether oxygens (including phenoxy) is 1. The summed E-state index contributed by atoms with van der Waals surface area (Å²) in [5, 5.41) is 7.45. The molecule has 10 heteroatoms. The Bertz CT molecular complexity index is 1190.